The molecule has 2 rings (SSSR count). The van der Waals surface area contributed by atoms with E-state index in [2.05, 4.69) is 15.5 Å². The maximum atomic E-state index is 12.8. The summed E-state index contributed by atoms with van der Waals surface area (Å²) in [5.74, 6) is -0.126. The van der Waals surface area contributed by atoms with Gasteiger partial charge in [-0.3, -0.25) is 0 Å². The average Bonchev–Trinajstić information content (AvgIpc) is 2.52. The first kappa shape index (κ1) is 9.31. The summed E-state index contributed by atoms with van der Waals surface area (Å²) in [5.41, 5.74) is 6.17. The number of rotatable bonds is 1. The van der Waals surface area contributed by atoms with Crippen molar-refractivity contribution in [1.82, 2.24) is 20.2 Å². The van der Waals surface area contributed by atoms with E-state index in [0.717, 1.165) is 0 Å². The topological polar surface area (TPSA) is 69.6 Å². The third-order valence-corrected chi connectivity index (χ3v) is 2.50. The summed E-state index contributed by atoms with van der Waals surface area (Å²) in [4.78, 5) is 0. The number of nitrogen functional groups attached to an aromatic ring is 1. The molecule has 7 heteroatoms. The van der Waals surface area contributed by atoms with Crippen molar-refractivity contribution in [3.63, 3.8) is 0 Å². The SMILES string of the molecule is Nc1nnnn1-c1ccc(F)cc1I. The highest BCUT2D eigenvalue weighted by Gasteiger charge is 2.08. The van der Waals surface area contributed by atoms with Crippen molar-refractivity contribution >= 4 is 28.5 Å². The van der Waals surface area contributed by atoms with Gasteiger partial charge in [-0.25, -0.2) is 4.39 Å². The predicted molar refractivity (Wildman–Crippen MR) is 56.2 cm³/mol. The lowest BCUT2D eigenvalue weighted by Gasteiger charge is -2.03. The van der Waals surface area contributed by atoms with Crippen LogP contribution in [0.4, 0.5) is 10.3 Å². The molecule has 2 N–H and O–H groups in total. The Kier molecular flexibility index (Phi) is 2.32. The summed E-state index contributed by atoms with van der Waals surface area (Å²) in [6, 6.07) is 4.29. The van der Waals surface area contributed by atoms with Gasteiger partial charge < -0.3 is 5.73 Å². The van der Waals surface area contributed by atoms with Crippen LogP contribution in [0, 0.1) is 9.39 Å². The first-order valence-corrected chi connectivity index (χ1v) is 4.75. The van der Waals surface area contributed by atoms with Crippen molar-refractivity contribution in [2.24, 2.45) is 0 Å². The van der Waals surface area contributed by atoms with E-state index >= 15 is 0 Å². The molecule has 0 radical (unpaired) electrons. The fourth-order valence-corrected chi connectivity index (χ4v) is 1.72. The molecule has 5 nitrogen and oxygen atoms in total. The minimum Gasteiger partial charge on any atom is -0.366 e. The van der Waals surface area contributed by atoms with Crippen molar-refractivity contribution in [3.05, 3.63) is 27.6 Å². The number of hydrogen-bond acceptors (Lipinski definition) is 4. The summed E-state index contributed by atoms with van der Waals surface area (Å²) in [7, 11) is 0. The van der Waals surface area contributed by atoms with Crippen LogP contribution >= 0.6 is 22.6 Å². The second-order valence-corrected chi connectivity index (χ2v) is 3.71. The standard InChI is InChI=1S/C7H5FIN5/c8-4-1-2-6(5(9)3-4)14-7(10)11-12-13-14/h1-3H,(H2,10,11,13). The number of halogens is 2. The van der Waals surface area contributed by atoms with E-state index in [1.807, 2.05) is 22.6 Å². The number of benzene rings is 1. The van der Waals surface area contributed by atoms with Crippen molar-refractivity contribution < 1.29 is 4.39 Å². The van der Waals surface area contributed by atoms with Gasteiger partial charge in [0.15, 0.2) is 0 Å². The van der Waals surface area contributed by atoms with Gasteiger partial charge >= 0.3 is 0 Å². The van der Waals surface area contributed by atoms with Crippen molar-refractivity contribution in [2.45, 2.75) is 0 Å². The molecule has 72 valence electrons. The van der Waals surface area contributed by atoms with E-state index in [-0.39, 0.29) is 11.8 Å². The zero-order valence-electron chi connectivity index (χ0n) is 6.85. The first-order chi connectivity index (χ1) is 6.68. The normalized spacial score (nSPS) is 10.4. The van der Waals surface area contributed by atoms with Crippen LogP contribution < -0.4 is 5.73 Å². The van der Waals surface area contributed by atoms with Crippen LogP contribution in [-0.2, 0) is 0 Å². The van der Waals surface area contributed by atoms with Gasteiger partial charge in [-0.15, -0.1) is 0 Å². The Bertz CT molecular complexity index is 469. The van der Waals surface area contributed by atoms with Crippen molar-refractivity contribution in [2.75, 3.05) is 5.73 Å². The molecular formula is C7H5FIN5. The molecule has 0 fully saturated rings. The molecule has 1 heterocycles. The molecule has 14 heavy (non-hydrogen) atoms. The summed E-state index contributed by atoms with van der Waals surface area (Å²) in [5, 5.41) is 10.6. The lowest BCUT2D eigenvalue weighted by molar-refractivity contribution is 0.625. The van der Waals surface area contributed by atoms with Crippen LogP contribution in [-0.4, -0.2) is 20.2 Å². The number of aromatic nitrogens is 4. The zero-order valence-corrected chi connectivity index (χ0v) is 9.01. The van der Waals surface area contributed by atoms with Gasteiger partial charge in [0, 0.05) is 3.57 Å². The van der Waals surface area contributed by atoms with Crippen molar-refractivity contribution in [1.29, 1.82) is 0 Å². The Morgan fingerprint density at radius 3 is 2.79 bits per heavy atom. The number of hydrogen-bond donors (Lipinski definition) is 1. The number of nitrogens with zero attached hydrogens (tertiary/aromatic N) is 4. The molecule has 0 spiro atoms. The number of tetrazole rings is 1. The first-order valence-electron chi connectivity index (χ1n) is 3.68. The molecule has 1 aromatic carbocycles. The van der Waals surface area contributed by atoms with Gasteiger partial charge in [0.2, 0.25) is 5.95 Å². The van der Waals surface area contributed by atoms with E-state index < -0.39 is 0 Å². The van der Waals surface area contributed by atoms with Crippen LogP contribution in [0.5, 0.6) is 0 Å². The quantitative estimate of drug-likeness (QED) is 0.798. The van der Waals surface area contributed by atoms with E-state index in [1.165, 1.54) is 16.8 Å². The van der Waals surface area contributed by atoms with Gasteiger partial charge in [0.1, 0.15) is 5.82 Å². The summed E-state index contributed by atoms with van der Waals surface area (Å²) >= 11 is 1.99. The van der Waals surface area contributed by atoms with Gasteiger partial charge in [-0.05, 0) is 51.2 Å². The highest BCUT2D eigenvalue weighted by molar-refractivity contribution is 14.1. The van der Waals surface area contributed by atoms with Crippen LogP contribution in [0.1, 0.15) is 0 Å². The lowest BCUT2D eigenvalue weighted by Crippen LogP contribution is -2.04. The molecule has 1 aromatic heterocycles. The fourth-order valence-electron chi connectivity index (χ4n) is 1.02. The molecule has 0 aliphatic carbocycles. The largest absolute Gasteiger partial charge is 0.366 e. The highest BCUT2D eigenvalue weighted by atomic mass is 127. The third kappa shape index (κ3) is 1.54. The molecule has 0 bridgehead atoms. The average molecular weight is 305 g/mol. The Labute approximate surface area is 92.2 Å². The maximum absolute atomic E-state index is 12.8. The minimum atomic E-state index is -0.301. The molecule has 0 unspecified atom stereocenters. The van der Waals surface area contributed by atoms with Crippen LogP contribution in [0.2, 0.25) is 0 Å². The lowest BCUT2D eigenvalue weighted by atomic mass is 10.3. The van der Waals surface area contributed by atoms with E-state index in [4.69, 9.17) is 5.73 Å². The van der Waals surface area contributed by atoms with Crippen molar-refractivity contribution in [3.8, 4) is 5.69 Å². The Balaban J connectivity index is 2.58. The molecular weight excluding hydrogens is 300 g/mol. The molecule has 0 aliphatic rings. The monoisotopic (exact) mass is 305 g/mol. The Morgan fingerprint density at radius 2 is 2.21 bits per heavy atom. The van der Waals surface area contributed by atoms with Crippen LogP contribution in [0.25, 0.3) is 5.69 Å². The third-order valence-electron chi connectivity index (χ3n) is 1.63. The smallest absolute Gasteiger partial charge is 0.245 e. The highest BCUT2D eigenvalue weighted by Crippen LogP contribution is 2.18. The van der Waals surface area contributed by atoms with E-state index in [9.17, 15) is 4.39 Å². The number of nitrogens with two attached hydrogens (primary N) is 1. The van der Waals surface area contributed by atoms with Gasteiger partial charge in [-0.1, -0.05) is 5.10 Å². The van der Waals surface area contributed by atoms with Gasteiger partial charge in [-0.2, -0.15) is 4.68 Å². The summed E-state index contributed by atoms with van der Waals surface area (Å²) < 4.78 is 14.8. The van der Waals surface area contributed by atoms with Gasteiger partial charge in [0.25, 0.3) is 0 Å². The fraction of sp³-hybridized carbons (Fsp3) is 0. The zero-order chi connectivity index (χ0) is 10.1. The van der Waals surface area contributed by atoms with Crippen LogP contribution in [0.15, 0.2) is 18.2 Å². The van der Waals surface area contributed by atoms with E-state index in [0.29, 0.717) is 9.26 Å². The second-order valence-electron chi connectivity index (χ2n) is 2.54. The van der Waals surface area contributed by atoms with Gasteiger partial charge in [0.05, 0.1) is 5.69 Å². The molecule has 2 aromatic rings. The second kappa shape index (κ2) is 3.48. The Morgan fingerprint density at radius 1 is 1.43 bits per heavy atom. The summed E-state index contributed by atoms with van der Waals surface area (Å²) in [6.07, 6.45) is 0. The molecule has 0 amide bonds. The molecule has 0 saturated heterocycles. The maximum Gasteiger partial charge on any atom is 0.245 e. The van der Waals surface area contributed by atoms with Crippen LogP contribution in [0.3, 0.4) is 0 Å². The molecule has 0 aliphatic heterocycles. The predicted octanol–water partition coefficient (Wildman–Crippen LogP) is 0.988. The molecule has 0 atom stereocenters. The number of anilines is 1. The molecule has 0 saturated carbocycles. The Hall–Kier alpha value is -1.25. The summed E-state index contributed by atoms with van der Waals surface area (Å²) in [6.45, 7) is 0. The minimum absolute atomic E-state index is 0.175. The van der Waals surface area contributed by atoms with E-state index in [1.54, 1.807) is 6.07 Å².